The summed E-state index contributed by atoms with van der Waals surface area (Å²) >= 11 is 0. The Morgan fingerprint density at radius 3 is 2.43 bits per heavy atom. The van der Waals surface area contributed by atoms with E-state index in [1.54, 1.807) is 0 Å². The van der Waals surface area contributed by atoms with E-state index in [2.05, 4.69) is 5.32 Å². The van der Waals surface area contributed by atoms with Crippen LogP contribution in [-0.4, -0.2) is 18.5 Å². The minimum absolute atomic E-state index is 0.115. The second kappa shape index (κ2) is 4.13. The molecule has 0 aromatic heterocycles. The van der Waals surface area contributed by atoms with Crippen LogP contribution < -0.4 is 5.32 Å². The maximum absolute atomic E-state index is 12.9. The van der Waals surface area contributed by atoms with Gasteiger partial charge in [-0.05, 0) is 44.6 Å². The molecule has 0 spiro atoms. The summed E-state index contributed by atoms with van der Waals surface area (Å²) in [6.45, 7) is 1.12. The van der Waals surface area contributed by atoms with Crippen molar-refractivity contribution in [2.45, 2.75) is 56.9 Å². The second-order valence-electron chi connectivity index (χ2n) is 4.83. The van der Waals surface area contributed by atoms with E-state index in [0.29, 0.717) is 12.0 Å². The van der Waals surface area contributed by atoms with Crippen molar-refractivity contribution in [3.8, 4) is 0 Å². The molecular formula is C11H19F2N. The predicted molar refractivity (Wildman–Crippen MR) is 52.5 cm³/mol. The molecule has 3 heteroatoms. The zero-order valence-electron chi connectivity index (χ0n) is 8.57. The van der Waals surface area contributed by atoms with Crippen LogP contribution in [0, 0.1) is 5.92 Å². The maximum Gasteiger partial charge on any atom is 0.248 e. The topological polar surface area (TPSA) is 12.0 Å². The third-order valence-corrected chi connectivity index (χ3v) is 3.62. The Labute approximate surface area is 84.3 Å². The first kappa shape index (κ1) is 10.3. The second-order valence-corrected chi connectivity index (χ2v) is 4.83. The lowest BCUT2D eigenvalue weighted by atomic mass is 9.83. The fourth-order valence-corrected chi connectivity index (χ4v) is 2.70. The van der Waals surface area contributed by atoms with E-state index >= 15 is 0 Å². The summed E-state index contributed by atoms with van der Waals surface area (Å²) in [5.74, 6) is -1.81. The molecule has 1 aliphatic heterocycles. The van der Waals surface area contributed by atoms with Crippen molar-refractivity contribution in [3.63, 3.8) is 0 Å². The van der Waals surface area contributed by atoms with Crippen LogP contribution in [0.15, 0.2) is 0 Å². The van der Waals surface area contributed by atoms with Gasteiger partial charge in [0, 0.05) is 18.9 Å². The average Bonchev–Trinajstić information content (AvgIpc) is 2.61. The third-order valence-electron chi connectivity index (χ3n) is 3.62. The molecule has 2 aliphatic rings. The van der Waals surface area contributed by atoms with Gasteiger partial charge in [0.15, 0.2) is 0 Å². The number of halogens is 2. The Morgan fingerprint density at radius 2 is 1.86 bits per heavy atom. The van der Waals surface area contributed by atoms with Gasteiger partial charge >= 0.3 is 0 Å². The summed E-state index contributed by atoms with van der Waals surface area (Å²) in [7, 11) is 0. The summed E-state index contributed by atoms with van der Waals surface area (Å²) < 4.78 is 25.8. The first-order valence-electron chi connectivity index (χ1n) is 5.77. The normalized spacial score (nSPS) is 33.4. The highest BCUT2D eigenvalue weighted by Crippen LogP contribution is 2.38. The standard InChI is InChI=1S/C11H19F2N/c12-11(13)5-3-9(4-6-11)8-10-2-1-7-14-10/h9-10,14H,1-8H2. The van der Waals surface area contributed by atoms with E-state index in [9.17, 15) is 8.78 Å². The van der Waals surface area contributed by atoms with Crippen molar-refractivity contribution in [1.82, 2.24) is 5.32 Å². The molecule has 0 radical (unpaired) electrons. The number of alkyl halides is 2. The Balaban J connectivity index is 1.72. The molecule has 1 atom stereocenters. The summed E-state index contributed by atoms with van der Waals surface area (Å²) in [6, 6.07) is 0.617. The molecule has 82 valence electrons. The smallest absolute Gasteiger partial charge is 0.248 e. The highest BCUT2D eigenvalue weighted by molar-refractivity contribution is 4.82. The Bertz CT molecular complexity index is 178. The monoisotopic (exact) mass is 203 g/mol. The number of nitrogens with one attached hydrogen (secondary N) is 1. The van der Waals surface area contributed by atoms with Gasteiger partial charge in [-0.2, -0.15) is 0 Å². The van der Waals surface area contributed by atoms with Crippen molar-refractivity contribution in [2.24, 2.45) is 5.92 Å². The van der Waals surface area contributed by atoms with E-state index in [0.717, 1.165) is 25.8 Å². The van der Waals surface area contributed by atoms with Crippen LogP contribution in [0.1, 0.15) is 44.9 Å². The SMILES string of the molecule is FC1(F)CCC(CC2CCCN2)CC1. The van der Waals surface area contributed by atoms with Crippen LogP contribution in [-0.2, 0) is 0 Å². The van der Waals surface area contributed by atoms with Crippen molar-refractivity contribution < 1.29 is 8.78 Å². The van der Waals surface area contributed by atoms with Crippen LogP contribution >= 0.6 is 0 Å². The number of rotatable bonds is 2. The minimum Gasteiger partial charge on any atom is -0.314 e. The molecule has 1 heterocycles. The van der Waals surface area contributed by atoms with Gasteiger partial charge in [-0.25, -0.2) is 8.78 Å². The van der Waals surface area contributed by atoms with Gasteiger partial charge < -0.3 is 5.32 Å². The fourth-order valence-electron chi connectivity index (χ4n) is 2.70. The van der Waals surface area contributed by atoms with Gasteiger partial charge in [0.2, 0.25) is 5.92 Å². The highest BCUT2D eigenvalue weighted by atomic mass is 19.3. The molecule has 0 bridgehead atoms. The zero-order chi connectivity index (χ0) is 10.0. The summed E-state index contributed by atoms with van der Waals surface area (Å²) in [5.41, 5.74) is 0. The molecular weight excluding hydrogens is 184 g/mol. The van der Waals surface area contributed by atoms with E-state index in [4.69, 9.17) is 0 Å². The third kappa shape index (κ3) is 2.66. The maximum atomic E-state index is 12.9. The molecule has 1 N–H and O–H groups in total. The molecule has 1 saturated carbocycles. The first-order chi connectivity index (χ1) is 6.66. The van der Waals surface area contributed by atoms with Gasteiger partial charge in [0.05, 0.1) is 0 Å². The molecule has 2 rings (SSSR count). The van der Waals surface area contributed by atoms with Gasteiger partial charge in [-0.3, -0.25) is 0 Å². The van der Waals surface area contributed by atoms with Crippen LogP contribution in [0.2, 0.25) is 0 Å². The predicted octanol–water partition coefficient (Wildman–Crippen LogP) is 2.95. The lowest BCUT2D eigenvalue weighted by Crippen LogP contribution is -2.29. The molecule has 1 saturated heterocycles. The Kier molecular flexibility index (Phi) is 3.05. The zero-order valence-corrected chi connectivity index (χ0v) is 8.57. The molecule has 0 aromatic carbocycles. The van der Waals surface area contributed by atoms with E-state index in [1.165, 1.54) is 12.8 Å². The largest absolute Gasteiger partial charge is 0.314 e. The van der Waals surface area contributed by atoms with E-state index < -0.39 is 5.92 Å². The van der Waals surface area contributed by atoms with Crippen LogP contribution in [0.4, 0.5) is 8.78 Å². The van der Waals surface area contributed by atoms with Gasteiger partial charge in [0.1, 0.15) is 0 Å². The van der Waals surface area contributed by atoms with E-state index in [1.807, 2.05) is 0 Å². The first-order valence-corrected chi connectivity index (χ1v) is 5.77. The molecule has 0 amide bonds. The molecule has 14 heavy (non-hydrogen) atoms. The fraction of sp³-hybridized carbons (Fsp3) is 1.00. The number of hydrogen-bond acceptors (Lipinski definition) is 1. The van der Waals surface area contributed by atoms with Crippen molar-refractivity contribution in [3.05, 3.63) is 0 Å². The number of hydrogen-bond donors (Lipinski definition) is 1. The van der Waals surface area contributed by atoms with E-state index in [-0.39, 0.29) is 12.8 Å². The molecule has 2 fully saturated rings. The van der Waals surface area contributed by atoms with Crippen LogP contribution in [0.25, 0.3) is 0 Å². The van der Waals surface area contributed by atoms with Crippen LogP contribution in [0.5, 0.6) is 0 Å². The Morgan fingerprint density at radius 1 is 1.14 bits per heavy atom. The molecule has 1 nitrogen and oxygen atoms in total. The Hall–Kier alpha value is -0.180. The van der Waals surface area contributed by atoms with Crippen molar-refractivity contribution >= 4 is 0 Å². The molecule has 0 aromatic rings. The lowest BCUT2D eigenvalue weighted by Gasteiger charge is -2.29. The molecule has 1 unspecified atom stereocenters. The quantitative estimate of drug-likeness (QED) is 0.727. The van der Waals surface area contributed by atoms with Gasteiger partial charge in [-0.15, -0.1) is 0 Å². The highest BCUT2D eigenvalue weighted by Gasteiger charge is 2.35. The van der Waals surface area contributed by atoms with Gasteiger partial charge in [-0.1, -0.05) is 0 Å². The average molecular weight is 203 g/mol. The summed E-state index contributed by atoms with van der Waals surface area (Å²) in [6.07, 6.45) is 5.31. The van der Waals surface area contributed by atoms with Crippen molar-refractivity contribution in [2.75, 3.05) is 6.54 Å². The van der Waals surface area contributed by atoms with Gasteiger partial charge in [0.25, 0.3) is 0 Å². The summed E-state index contributed by atoms with van der Waals surface area (Å²) in [5, 5.41) is 3.44. The minimum atomic E-state index is -2.36. The molecule has 1 aliphatic carbocycles. The van der Waals surface area contributed by atoms with Crippen molar-refractivity contribution in [1.29, 1.82) is 0 Å². The lowest BCUT2D eigenvalue weighted by molar-refractivity contribution is -0.0472. The van der Waals surface area contributed by atoms with Crippen LogP contribution in [0.3, 0.4) is 0 Å². The summed E-state index contributed by atoms with van der Waals surface area (Å²) in [4.78, 5) is 0.